The lowest BCUT2D eigenvalue weighted by atomic mass is 10.0. The molecule has 30 heavy (non-hydrogen) atoms. The van der Waals surface area contributed by atoms with Gasteiger partial charge >= 0.3 is 5.76 Å². The summed E-state index contributed by atoms with van der Waals surface area (Å²) in [4.78, 5) is 30.7. The van der Waals surface area contributed by atoms with Crippen molar-refractivity contribution in [2.45, 2.75) is 18.9 Å². The molecule has 2 aromatic heterocycles. The van der Waals surface area contributed by atoms with Gasteiger partial charge in [-0.3, -0.25) is 9.36 Å². The Balaban J connectivity index is 1.44. The lowest BCUT2D eigenvalue weighted by Crippen LogP contribution is -2.42. The van der Waals surface area contributed by atoms with E-state index in [4.69, 9.17) is 20.8 Å². The topological polar surface area (TPSA) is 80.5 Å². The minimum Gasteiger partial charge on any atom is -0.497 e. The highest BCUT2D eigenvalue weighted by molar-refractivity contribution is 6.31. The second-order valence-electron chi connectivity index (χ2n) is 7.53. The Morgan fingerprint density at radius 1 is 1.23 bits per heavy atom. The lowest BCUT2D eigenvalue weighted by molar-refractivity contribution is 0.0672. The number of aromatic nitrogens is 2. The molecule has 0 bridgehead atoms. The van der Waals surface area contributed by atoms with Crippen LogP contribution in [0.1, 0.15) is 29.4 Å². The van der Waals surface area contributed by atoms with Crippen molar-refractivity contribution in [2.75, 3.05) is 20.2 Å². The third-order valence-electron chi connectivity index (χ3n) is 5.68. The van der Waals surface area contributed by atoms with Crippen LogP contribution in [0, 0.1) is 0 Å². The summed E-state index contributed by atoms with van der Waals surface area (Å²) in [5, 5.41) is 1.48. The molecule has 1 amide bonds. The molecule has 3 heterocycles. The predicted molar refractivity (Wildman–Crippen MR) is 115 cm³/mol. The number of ether oxygens (including phenoxy) is 1. The Morgan fingerprint density at radius 2 is 2.10 bits per heavy atom. The molecule has 8 heteroatoms. The van der Waals surface area contributed by atoms with E-state index in [1.54, 1.807) is 34.8 Å². The van der Waals surface area contributed by atoms with Crippen LogP contribution in [0.5, 0.6) is 5.75 Å². The summed E-state index contributed by atoms with van der Waals surface area (Å²) in [6, 6.07) is 12.4. The second kappa shape index (κ2) is 7.25. The van der Waals surface area contributed by atoms with E-state index < -0.39 is 5.76 Å². The normalized spacial score (nSPS) is 17.0. The summed E-state index contributed by atoms with van der Waals surface area (Å²) in [5.41, 5.74) is 2.52. The van der Waals surface area contributed by atoms with Gasteiger partial charge in [0, 0.05) is 35.1 Å². The number of halogens is 1. The number of fused-ring (bicyclic) bond motifs is 2. The van der Waals surface area contributed by atoms with Gasteiger partial charge < -0.3 is 19.0 Å². The molecule has 1 aliphatic rings. The number of nitrogens with one attached hydrogen (secondary N) is 1. The van der Waals surface area contributed by atoms with Gasteiger partial charge in [-0.05, 0) is 49.2 Å². The Hall–Kier alpha value is -3.19. The van der Waals surface area contributed by atoms with Crippen molar-refractivity contribution >= 4 is 39.5 Å². The maximum atomic E-state index is 13.2. The zero-order valence-corrected chi connectivity index (χ0v) is 17.1. The van der Waals surface area contributed by atoms with Gasteiger partial charge in [0.1, 0.15) is 11.4 Å². The quantitative estimate of drug-likeness (QED) is 0.533. The molecule has 1 saturated heterocycles. The van der Waals surface area contributed by atoms with Crippen molar-refractivity contribution in [1.82, 2.24) is 14.5 Å². The van der Waals surface area contributed by atoms with Gasteiger partial charge in [0.25, 0.3) is 5.91 Å². The lowest BCUT2D eigenvalue weighted by Gasteiger charge is -2.32. The van der Waals surface area contributed by atoms with E-state index in [-0.39, 0.29) is 11.9 Å². The summed E-state index contributed by atoms with van der Waals surface area (Å²) in [7, 11) is 1.61. The number of hydrogen-bond acceptors (Lipinski definition) is 4. The zero-order chi connectivity index (χ0) is 20.8. The Labute approximate surface area is 176 Å². The Kier molecular flexibility index (Phi) is 4.55. The first-order valence-corrected chi connectivity index (χ1v) is 10.2. The molecule has 0 saturated carbocycles. The van der Waals surface area contributed by atoms with Crippen LogP contribution >= 0.6 is 11.6 Å². The molecule has 5 rings (SSSR count). The molecule has 154 valence electrons. The smallest absolute Gasteiger partial charge is 0.420 e. The number of methoxy groups -OCH3 is 1. The van der Waals surface area contributed by atoms with Crippen molar-refractivity contribution in [3.8, 4) is 5.75 Å². The highest BCUT2D eigenvalue weighted by atomic mass is 35.5. The second-order valence-corrected chi connectivity index (χ2v) is 7.97. The molecule has 0 spiro atoms. The van der Waals surface area contributed by atoms with Crippen LogP contribution in [0.2, 0.25) is 5.02 Å². The number of hydrogen-bond donors (Lipinski definition) is 1. The number of piperidine rings is 1. The van der Waals surface area contributed by atoms with Crippen LogP contribution in [0.3, 0.4) is 0 Å². The van der Waals surface area contributed by atoms with Crippen molar-refractivity contribution in [3.05, 3.63) is 63.7 Å². The fraction of sp³-hybridized carbons (Fsp3) is 0.273. The predicted octanol–water partition coefficient (Wildman–Crippen LogP) is 4.22. The fourth-order valence-corrected chi connectivity index (χ4v) is 4.39. The van der Waals surface area contributed by atoms with Gasteiger partial charge in [-0.25, -0.2) is 4.79 Å². The van der Waals surface area contributed by atoms with E-state index in [0.717, 1.165) is 29.5 Å². The third kappa shape index (κ3) is 3.15. The number of carbonyl (C=O) groups excluding carboxylic acids is 1. The molecule has 1 unspecified atom stereocenters. The van der Waals surface area contributed by atoms with Crippen molar-refractivity contribution < 1.29 is 13.9 Å². The Morgan fingerprint density at radius 3 is 2.93 bits per heavy atom. The van der Waals surface area contributed by atoms with E-state index in [1.165, 1.54) is 0 Å². The standard InChI is InChI=1S/C22H20ClN3O4/c1-29-16-6-4-13-9-18(24-17(13)11-16)21(27)25-8-2-3-15(12-25)26-19-10-14(23)5-7-20(19)30-22(26)28/h4-7,9-11,15,24H,2-3,8,12H2,1H3. The minimum absolute atomic E-state index is 0.0891. The molecule has 1 N–H and O–H groups in total. The number of nitrogens with zero attached hydrogens (tertiary/aromatic N) is 2. The monoisotopic (exact) mass is 425 g/mol. The summed E-state index contributed by atoms with van der Waals surface area (Å²) in [5.74, 6) is 0.212. The molecular formula is C22H20ClN3O4. The van der Waals surface area contributed by atoms with Crippen LogP contribution in [-0.4, -0.2) is 40.6 Å². The SMILES string of the molecule is COc1ccc2cc(C(=O)N3CCCC(n4c(=O)oc5ccc(Cl)cc54)C3)[nH]c2c1. The molecule has 1 aliphatic heterocycles. The highest BCUT2D eigenvalue weighted by Gasteiger charge is 2.29. The van der Waals surface area contributed by atoms with Gasteiger partial charge in [-0.2, -0.15) is 0 Å². The molecule has 1 atom stereocenters. The summed E-state index contributed by atoms with van der Waals surface area (Å²) < 4.78 is 12.3. The van der Waals surface area contributed by atoms with Gasteiger partial charge in [0.05, 0.1) is 18.7 Å². The van der Waals surface area contributed by atoms with Gasteiger partial charge in [0.2, 0.25) is 0 Å². The van der Waals surface area contributed by atoms with E-state index in [2.05, 4.69) is 4.98 Å². The molecular weight excluding hydrogens is 406 g/mol. The first-order chi connectivity index (χ1) is 14.5. The molecule has 0 aliphatic carbocycles. The number of likely N-dealkylation sites (tertiary alicyclic amines) is 1. The zero-order valence-electron chi connectivity index (χ0n) is 16.4. The number of aromatic amines is 1. The third-order valence-corrected chi connectivity index (χ3v) is 5.92. The van der Waals surface area contributed by atoms with Crippen LogP contribution in [-0.2, 0) is 0 Å². The first-order valence-electron chi connectivity index (χ1n) is 9.80. The van der Waals surface area contributed by atoms with Crippen LogP contribution in [0.15, 0.2) is 51.7 Å². The molecule has 1 fully saturated rings. The number of carbonyl (C=O) groups is 1. The number of H-pyrrole nitrogens is 1. The molecule has 0 radical (unpaired) electrons. The number of rotatable bonds is 3. The van der Waals surface area contributed by atoms with Gasteiger partial charge in [-0.15, -0.1) is 0 Å². The summed E-state index contributed by atoms with van der Waals surface area (Å²) >= 11 is 6.12. The maximum absolute atomic E-state index is 13.2. The largest absolute Gasteiger partial charge is 0.497 e. The maximum Gasteiger partial charge on any atom is 0.420 e. The number of amides is 1. The highest BCUT2D eigenvalue weighted by Crippen LogP contribution is 2.28. The van der Waals surface area contributed by atoms with Crippen LogP contribution in [0.4, 0.5) is 0 Å². The van der Waals surface area contributed by atoms with E-state index >= 15 is 0 Å². The van der Waals surface area contributed by atoms with Crippen molar-refractivity contribution in [1.29, 1.82) is 0 Å². The average Bonchev–Trinajstić information content (AvgIpc) is 3.32. The minimum atomic E-state index is -0.427. The van der Waals surface area contributed by atoms with Gasteiger partial charge in [-0.1, -0.05) is 11.6 Å². The molecule has 4 aromatic rings. The summed E-state index contributed by atoms with van der Waals surface area (Å²) in [6.07, 6.45) is 1.58. The first kappa shape index (κ1) is 18.8. The fourth-order valence-electron chi connectivity index (χ4n) is 4.22. The molecule has 2 aromatic carbocycles. The number of benzene rings is 2. The average molecular weight is 426 g/mol. The van der Waals surface area contributed by atoms with Gasteiger partial charge in [0.15, 0.2) is 5.58 Å². The van der Waals surface area contributed by atoms with E-state index in [9.17, 15) is 9.59 Å². The van der Waals surface area contributed by atoms with Crippen molar-refractivity contribution in [2.24, 2.45) is 0 Å². The number of oxazole rings is 1. The summed E-state index contributed by atoms with van der Waals surface area (Å²) in [6.45, 7) is 1.07. The van der Waals surface area contributed by atoms with Crippen LogP contribution in [0.25, 0.3) is 22.0 Å². The van der Waals surface area contributed by atoms with E-state index in [1.807, 2.05) is 24.3 Å². The van der Waals surface area contributed by atoms with Crippen LogP contribution < -0.4 is 10.5 Å². The Bertz CT molecular complexity index is 1320. The van der Waals surface area contributed by atoms with Crippen molar-refractivity contribution in [3.63, 3.8) is 0 Å². The van der Waals surface area contributed by atoms with E-state index in [0.29, 0.717) is 34.9 Å². The molecule has 7 nitrogen and oxygen atoms in total.